The molecule has 49 heavy (non-hydrogen) atoms. The first-order valence-corrected chi connectivity index (χ1v) is 22.8. The molecule has 3 aromatic rings. The smallest absolute Gasteiger partial charge is 0.224 e. The fourth-order valence-corrected chi connectivity index (χ4v) is 10.1. The fourth-order valence-electron chi connectivity index (χ4n) is 6.93. The van der Waals surface area contributed by atoms with Crippen LogP contribution in [-0.4, -0.2) is 67.5 Å². The zero-order chi connectivity index (χ0) is 34.5. The largest absolute Gasteiger partial charge is 0.407 e. The van der Waals surface area contributed by atoms with Crippen LogP contribution in [0.15, 0.2) is 101 Å². The second-order valence-electron chi connectivity index (χ2n) is 15.1. The number of hydrogen-bond acceptors (Lipinski definition) is 8. The van der Waals surface area contributed by atoms with Gasteiger partial charge in [-0.3, -0.25) is 0 Å². The minimum absolute atomic E-state index is 0.0274. The van der Waals surface area contributed by atoms with Gasteiger partial charge in [0.15, 0.2) is 8.32 Å². The van der Waals surface area contributed by atoms with E-state index in [1.807, 2.05) is 42.1 Å². The minimum Gasteiger partial charge on any atom is -0.407 e. The molecule has 0 aromatic heterocycles. The van der Waals surface area contributed by atoms with E-state index in [9.17, 15) is 5.11 Å². The number of hydrogen-bond donors (Lipinski definition) is 1. The maximum Gasteiger partial charge on any atom is 0.224 e. The summed E-state index contributed by atoms with van der Waals surface area (Å²) in [4.78, 5) is 2.44. The Morgan fingerprint density at radius 2 is 1.20 bits per heavy atom. The molecular weight excluding hydrogens is 669 g/mol. The number of ether oxygens (including phenoxy) is 4. The van der Waals surface area contributed by atoms with Crippen molar-refractivity contribution >= 4 is 31.8 Å². The molecule has 7 atom stereocenters. The molecule has 3 fully saturated rings. The van der Waals surface area contributed by atoms with Crippen LogP contribution in [0.4, 0.5) is 0 Å². The molecule has 2 spiro atoms. The zero-order valence-corrected chi connectivity index (χ0v) is 32.3. The summed E-state index contributed by atoms with van der Waals surface area (Å²) in [6.45, 7) is 11.1. The van der Waals surface area contributed by atoms with E-state index < -0.39 is 38.2 Å². The van der Waals surface area contributed by atoms with Crippen molar-refractivity contribution in [3.8, 4) is 0 Å². The summed E-state index contributed by atoms with van der Waals surface area (Å²) in [7, 11) is -2.30. The maximum absolute atomic E-state index is 11.0. The van der Waals surface area contributed by atoms with Crippen molar-refractivity contribution in [3.63, 3.8) is 0 Å². The number of fused-ring (bicyclic) bond motifs is 1. The molecule has 3 aromatic carbocycles. The Balaban J connectivity index is 1.34. The molecule has 1 N–H and O–H groups in total. The van der Waals surface area contributed by atoms with E-state index in [0.29, 0.717) is 12.8 Å². The summed E-state index contributed by atoms with van der Waals surface area (Å²) >= 11 is 3.61. The van der Waals surface area contributed by atoms with Crippen LogP contribution in [0.25, 0.3) is 0 Å². The third-order valence-electron chi connectivity index (χ3n) is 10.6. The number of benzene rings is 3. The lowest BCUT2D eigenvalue weighted by Gasteiger charge is -2.60. The maximum atomic E-state index is 11.0. The molecular formula is C40H54O6S2Si. The number of rotatable bonds is 11. The highest BCUT2D eigenvalue weighted by atomic mass is 32.2. The van der Waals surface area contributed by atoms with Crippen LogP contribution in [0.5, 0.6) is 0 Å². The Bertz CT molecular complexity index is 1460. The fraction of sp³-hybridized carbons (Fsp3) is 0.550. The van der Waals surface area contributed by atoms with Crippen LogP contribution in [0.3, 0.4) is 0 Å². The molecule has 0 amide bonds. The SMILES string of the molecule is CC(C)(C)[Si](C)(C)O[C@@H](c1ccccc1)[C@@H]1O[C@]2(CCC[C@H](CSc3ccccc3)O2)[C@@]2(CCC[C@H](CSc3ccccc3)O2)O[C@@H]1CO. The summed E-state index contributed by atoms with van der Waals surface area (Å²) in [5.74, 6) is -0.698. The molecule has 6 nitrogen and oxygen atoms in total. The molecule has 9 heteroatoms. The van der Waals surface area contributed by atoms with Gasteiger partial charge in [-0.05, 0) is 73.6 Å². The summed E-state index contributed by atoms with van der Waals surface area (Å²) in [6.07, 6.45) is 3.18. The van der Waals surface area contributed by atoms with Crippen molar-refractivity contribution in [3.05, 3.63) is 96.6 Å². The van der Waals surface area contributed by atoms with Gasteiger partial charge in [0.05, 0.1) is 24.9 Å². The normalized spacial score (nSPS) is 30.0. The highest BCUT2D eigenvalue weighted by Crippen LogP contribution is 2.54. The average molecular weight is 723 g/mol. The molecule has 0 aliphatic carbocycles. The van der Waals surface area contributed by atoms with Crippen molar-refractivity contribution < 1.29 is 28.5 Å². The van der Waals surface area contributed by atoms with Crippen molar-refractivity contribution in [2.24, 2.45) is 0 Å². The Kier molecular flexibility index (Phi) is 12.1. The van der Waals surface area contributed by atoms with Crippen LogP contribution in [0.2, 0.25) is 18.1 Å². The van der Waals surface area contributed by atoms with Crippen molar-refractivity contribution in [1.82, 2.24) is 0 Å². The van der Waals surface area contributed by atoms with Gasteiger partial charge in [0.1, 0.15) is 12.2 Å². The Morgan fingerprint density at radius 1 is 0.735 bits per heavy atom. The van der Waals surface area contributed by atoms with Gasteiger partial charge in [-0.25, -0.2) is 0 Å². The molecule has 3 aliphatic rings. The van der Waals surface area contributed by atoms with Crippen LogP contribution >= 0.6 is 23.5 Å². The molecule has 3 saturated heterocycles. The average Bonchev–Trinajstić information content (AvgIpc) is 3.11. The summed E-state index contributed by atoms with van der Waals surface area (Å²) in [5, 5.41) is 11.0. The number of aliphatic hydroxyl groups excluding tert-OH is 1. The first-order valence-electron chi connectivity index (χ1n) is 17.9. The van der Waals surface area contributed by atoms with Crippen LogP contribution < -0.4 is 0 Å². The van der Waals surface area contributed by atoms with Crippen molar-refractivity contribution in [1.29, 1.82) is 0 Å². The Morgan fingerprint density at radius 3 is 1.67 bits per heavy atom. The minimum atomic E-state index is -2.30. The second-order valence-corrected chi connectivity index (χ2v) is 22.1. The van der Waals surface area contributed by atoms with E-state index in [-0.39, 0.29) is 23.9 Å². The molecule has 0 bridgehead atoms. The quantitative estimate of drug-likeness (QED) is 0.155. The van der Waals surface area contributed by atoms with Gasteiger partial charge in [-0.1, -0.05) is 87.5 Å². The molecule has 266 valence electrons. The van der Waals surface area contributed by atoms with E-state index in [1.165, 1.54) is 9.79 Å². The predicted octanol–water partition coefficient (Wildman–Crippen LogP) is 9.64. The lowest BCUT2D eigenvalue weighted by atomic mass is 9.85. The third-order valence-corrected chi connectivity index (χ3v) is 17.3. The van der Waals surface area contributed by atoms with Gasteiger partial charge in [0, 0.05) is 34.1 Å². The van der Waals surface area contributed by atoms with E-state index in [4.69, 9.17) is 23.4 Å². The van der Waals surface area contributed by atoms with Gasteiger partial charge >= 0.3 is 0 Å². The lowest BCUT2D eigenvalue weighted by molar-refractivity contribution is -0.498. The first kappa shape index (κ1) is 37.1. The molecule has 6 rings (SSSR count). The van der Waals surface area contributed by atoms with Crippen LogP contribution in [0.1, 0.15) is 71.0 Å². The number of aliphatic hydroxyl groups is 1. The summed E-state index contributed by atoms with van der Waals surface area (Å²) in [5.41, 5.74) is 1.01. The molecule has 3 aliphatic heterocycles. The molecule has 3 heterocycles. The zero-order valence-electron chi connectivity index (χ0n) is 29.7. The molecule has 0 radical (unpaired) electrons. The standard InChI is InChI=1S/C40H54O6S2Si/c1-38(2,3)49(4,5)46-36(30-17-9-6-10-18-30)37-35(27-41)44-39(25-15-19-31(42-39)28-47-33-21-11-7-12-22-33)40(45-37)26-16-20-32(43-40)29-48-34-23-13-8-14-24-34/h6-14,17-18,21-24,31-32,35-37,41H,15-16,19-20,25-29H2,1-5H3/t31-,32-,35-,36+,37-,39-,40-/m1/s1. The highest BCUT2D eigenvalue weighted by Gasteiger charge is 2.66. The second kappa shape index (κ2) is 15.9. The van der Waals surface area contributed by atoms with Crippen LogP contribution in [-0.2, 0) is 23.4 Å². The number of thioether (sulfide) groups is 2. The van der Waals surface area contributed by atoms with E-state index >= 15 is 0 Å². The molecule has 0 saturated carbocycles. The monoisotopic (exact) mass is 722 g/mol. The lowest BCUT2D eigenvalue weighted by Crippen LogP contribution is -2.73. The Hall–Kier alpha value is -1.66. The van der Waals surface area contributed by atoms with Crippen molar-refractivity contribution in [2.75, 3.05) is 18.1 Å². The first-order chi connectivity index (χ1) is 23.5. The summed E-state index contributed by atoms with van der Waals surface area (Å²) in [6, 6.07) is 31.3. The van der Waals surface area contributed by atoms with Gasteiger partial charge in [0.25, 0.3) is 0 Å². The summed E-state index contributed by atoms with van der Waals surface area (Å²) < 4.78 is 36.2. The van der Waals surface area contributed by atoms with Gasteiger partial charge in [0.2, 0.25) is 11.6 Å². The Labute approximate surface area is 303 Å². The third kappa shape index (κ3) is 8.53. The topological polar surface area (TPSA) is 66.4 Å². The van der Waals surface area contributed by atoms with Gasteiger partial charge in [-0.15, -0.1) is 23.5 Å². The van der Waals surface area contributed by atoms with E-state index in [1.54, 1.807) is 11.8 Å². The van der Waals surface area contributed by atoms with E-state index in [2.05, 4.69) is 94.5 Å². The van der Waals surface area contributed by atoms with Crippen molar-refractivity contribution in [2.45, 2.75) is 129 Å². The molecule has 0 unspecified atom stereocenters. The highest BCUT2D eigenvalue weighted by molar-refractivity contribution is 7.99. The van der Waals surface area contributed by atoms with Gasteiger partial charge in [-0.2, -0.15) is 0 Å². The van der Waals surface area contributed by atoms with E-state index in [0.717, 1.165) is 42.8 Å². The predicted molar refractivity (Wildman–Crippen MR) is 202 cm³/mol. The van der Waals surface area contributed by atoms with Gasteiger partial charge < -0.3 is 28.5 Å². The van der Waals surface area contributed by atoms with Crippen LogP contribution in [0, 0.1) is 0 Å².